The van der Waals surface area contributed by atoms with E-state index in [1.54, 1.807) is 4.90 Å². The molecule has 1 aromatic rings. The number of hydrogen-bond donors (Lipinski definition) is 3. The minimum absolute atomic E-state index is 0.210. The molecule has 2 heterocycles. The quantitative estimate of drug-likeness (QED) is 0.521. The number of rotatable bonds is 1. The lowest BCUT2D eigenvalue weighted by Crippen LogP contribution is -2.41. The number of nitrogens with one attached hydrogen (secondary N) is 2. The van der Waals surface area contributed by atoms with Gasteiger partial charge in [0.25, 0.3) is 5.56 Å². The Bertz CT molecular complexity index is 444. The third-order valence-electron chi connectivity index (χ3n) is 2.46. The summed E-state index contributed by atoms with van der Waals surface area (Å²) in [6.45, 7) is 1.15. The number of aliphatic hydroxyl groups excluding tert-OH is 1. The van der Waals surface area contributed by atoms with E-state index in [1.165, 1.54) is 0 Å². The average Bonchev–Trinajstić information content (AvgIpc) is 2.20. The van der Waals surface area contributed by atoms with Crippen molar-refractivity contribution in [2.24, 2.45) is 0 Å². The Hall–Kier alpha value is -1.63. The van der Waals surface area contributed by atoms with Crippen molar-refractivity contribution in [3.8, 4) is 0 Å². The lowest BCUT2D eigenvalue weighted by Gasteiger charge is -2.29. The van der Waals surface area contributed by atoms with Gasteiger partial charge in [-0.15, -0.1) is 5.10 Å². The van der Waals surface area contributed by atoms with Gasteiger partial charge in [-0.2, -0.15) is 0 Å². The second-order valence-electron chi connectivity index (χ2n) is 3.55. The largest absolute Gasteiger partial charge is 0.393 e. The first-order valence-electron chi connectivity index (χ1n) is 4.79. The molecule has 0 unspecified atom stereocenters. The zero-order valence-electron chi connectivity index (χ0n) is 8.06. The number of aromatic amines is 2. The molecule has 1 fully saturated rings. The van der Waals surface area contributed by atoms with Gasteiger partial charge >= 0.3 is 5.69 Å². The van der Waals surface area contributed by atoms with E-state index in [-0.39, 0.29) is 11.9 Å². The second-order valence-corrected chi connectivity index (χ2v) is 3.55. The molecule has 15 heavy (non-hydrogen) atoms. The summed E-state index contributed by atoms with van der Waals surface area (Å²) in [5.41, 5.74) is -1.10. The Morgan fingerprint density at radius 1 is 1.33 bits per heavy atom. The van der Waals surface area contributed by atoms with Gasteiger partial charge < -0.3 is 10.0 Å². The van der Waals surface area contributed by atoms with Crippen molar-refractivity contribution in [3.05, 3.63) is 20.8 Å². The van der Waals surface area contributed by atoms with Gasteiger partial charge in [-0.05, 0) is 12.8 Å². The first kappa shape index (κ1) is 9.91. The smallest absolute Gasteiger partial charge is 0.342 e. The Labute approximate surface area is 84.8 Å². The summed E-state index contributed by atoms with van der Waals surface area (Å²) < 4.78 is 0. The van der Waals surface area contributed by atoms with Gasteiger partial charge in [0.2, 0.25) is 5.82 Å². The lowest BCUT2D eigenvalue weighted by atomic mass is 10.1. The molecule has 0 amide bonds. The molecule has 0 radical (unpaired) electrons. The highest BCUT2D eigenvalue weighted by molar-refractivity contribution is 5.34. The van der Waals surface area contributed by atoms with Crippen LogP contribution in [0.3, 0.4) is 0 Å². The molecule has 1 saturated heterocycles. The van der Waals surface area contributed by atoms with Crippen LogP contribution in [-0.4, -0.2) is 39.5 Å². The minimum Gasteiger partial charge on any atom is -0.393 e. The van der Waals surface area contributed by atoms with Crippen LogP contribution in [0.1, 0.15) is 12.8 Å². The summed E-state index contributed by atoms with van der Waals surface area (Å²) in [4.78, 5) is 26.0. The van der Waals surface area contributed by atoms with Gasteiger partial charge in [0.15, 0.2) is 0 Å². The first-order chi connectivity index (χ1) is 7.16. The van der Waals surface area contributed by atoms with Crippen LogP contribution in [-0.2, 0) is 0 Å². The summed E-state index contributed by atoms with van der Waals surface area (Å²) in [6, 6.07) is 0. The van der Waals surface area contributed by atoms with E-state index in [4.69, 9.17) is 0 Å². The fraction of sp³-hybridized carbons (Fsp3) is 0.625. The van der Waals surface area contributed by atoms with Gasteiger partial charge in [0, 0.05) is 13.1 Å². The summed E-state index contributed by atoms with van der Waals surface area (Å²) in [7, 11) is 0. The van der Waals surface area contributed by atoms with Crippen LogP contribution in [0.5, 0.6) is 0 Å². The number of aromatic nitrogens is 3. The molecule has 1 aliphatic rings. The van der Waals surface area contributed by atoms with Gasteiger partial charge in [0.05, 0.1) is 6.10 Å². The number of anilines is 1. The van der Waals surface area contributed by atoms with Crippen LogP contribution in [0.15, 0.2) is 9.59 Å². The molecule has 3 N–H and O–H groups in total. The number of H-pyrrole nitrogens is 2. The summed E-state index contributed by atoms with van der Waals surface area (Å²) >= 11 is 0. The van der Waals surface area contributed by atoms with Gasteiger partial charge in [-0.1, -0.05) is 0 Å². The van der Waals surface area contributed by atoms with Crippen LogP contribution in [0, 0.1) is 0 Å². The summed E-state index contributed by atoms with van der Waals surface area (Å²) in [6.07, 6.45) is 0.920. The van der Waals surface area contributed by atoms with E-state index < -0.39 is 11.2 Å². The number of piperidine rings is 1. The number of nitrogens with zero attached hydrogens (tertiary/aromatic N) is 2. The molecule has 7 heteroatoms. The fourth-order valence-electron chi connectivity index (χ4n) is 1.63. The van der Waals surface area contributed by atoms with Crippen molar-refractivity contribution in [2.75, 3.05) is 18.0 Å². The van der Waals surface area contributed by atoms with E-state index in [0.717, 1.165) is 0 Å². The zero-order valence-corrected chi connectivity index (χ0v) is 8.06. The standard InChI is InChI=1S/C8H12N4O3/c13-5-1-3-12(4-2-5)6-7(14)9-8(15)11-10-6/h5,13H,1-4H2,(H2,9,11,14,15). The number of aliphatic hydroxyl groups is 1. The maximum absolute atomic E-state index is 11.4. The lowest BCUT2D eigenvalue weighted by molar-refractivity contribution is 0.145. The van der Waals surface area contributed by atoms with E-state index in [9.17, 15) is 14.7 Å². The highest BCUT2D eigenvalue weighted by atomic mass is 16.3. The maximum Gasteiger partial charge on any atom is 0.342 e. The minimum atomic E-state index is -0.610. The van der Waals surface area contributed by atoms with Gasteiger partial charge in [-0.3, -0.25) is 9.78 Å². The van der Waals surface area contributed by atoms with E-state index in [1.807, 2.05) is 0 Å². The highest BCUT2D eigenvalue weighted by Gasteiger charge is 2.20. The molecule has 0 bridgehead atoms. The van der Waals surface area contributed by atoms with Gasteiger partial charge in [-0.25, -0.2) is 9.89 Å². The summed E-state index contributed by atoms with van der Waals surface area (Å²) in [5.74, 6) is 0.210. The summed E-state index contributed by atoms with van der Waals surface area (Å²) in [5, 5.41) is 15.2. The van der Waals surface area contributed by atoms with Crippen LogP contribution < -0.4 is 16.1 Å². The van der Waals surface area contributed by atoms with Crippen molar-refractivity contribution in [3.63, 3.8) is 0 Å². The molecule has 0 aliphatic carbocycles. The van der Waals surface area contributed by atoms with Crippen LogP contribution in [0.4, 0.5) is 5.82 Å². The Kier molecular flexibility index (Phi) is 2.55. The zero-order chi connectivity index (χ0) is 10.8. The van der Waals surface area contributed by atoms with E-state index in [0.29, 0.717) is 25.9 Å². The molecule has 1 aromatic heterocycles. The van der Waals surface area contributed by atoms with E-state index in [2.05, 4.69) is 15.2 Å². The molecule has 82 valence electrons. The molecule has 0 saturated carbocycles. The molecule has 0 spiro atoms. The molecule has 7 nitrogen and oxygen atoms in total. The fourth-order valence-corrected chi connectivity index (χ4v) is 1.63. The first-order valence-corrected chi connectivity index (χ1v) is 4.79. The monoisotopic (exact) mass is 212 g/mol. The topological polar surface area (TPSA) is 102 Å². The Morgan fingerprint density at radius 2 is 2.00 bits per heavy atom. The SMILES string of the molecule is O=c1[nH]nc(N2CCC(O)CC2)c(=O)[nH]1. The molecular formula is C8H12N4O3. The third kappa shape index (κ3) is 2.07. The number of hydrogen-bond acceptors (Lipinski definition) is 5. The molecular weight excluding hydrogens is 200 g/mol. The average molecular weight is 212 g/mol. The predicted molar refractivity (Wildman–Crippen MR) is 52.9 cm³/mol. The predicted octanol–water partition coefficient (Wildman–Crippen LogP) is -1.58. The molecule has 0 atom stereocenters. The van der Waals surface area contributed by atoms with Crippen molar-refractivity contribution >= 4 is 5.82 Å². The Morgan fingerprint density at radius 3 is 2.60 bits per heavy atom. The molecule has 2 rings (SSSR count). The normalized spacial score (nSPS) is 18.1. The van der Waals surface area contributed by atoms with Crippen LogP contribution in [0.2, 0.25) is 0 Å². The second kappa shape index (κ2) is 3.85. The Balaban J connectivity index is 2.23. The van der Waals surface area contributed by atoms with Crippen LogP contribution in [0.25, 0.3) is 0 Å². The third-order valence-corrected chi connectivity index (χ3v) is 2.46. The highest BCUT2D eigenvalue weighted by Crippen LogP contribution is 2.12. The molecule has 1 aliphatic heterocycles. The van der Waals surface area contributed by atoms with Crippen molar-refractivity contribution < 1.29 is 5.11 Å². The van der Waals surface area contributed by atoms with Gasteiger partial charge in [0.1, 0.15) is 0 Å². The van der Waals surface area contributed by atoms with Crippen molar-refractivity contribution in [1.82, 2.24) is 15.2 Å². The van der Waals surface area contributed by atoms with Crippen LogP contribution >= 0.6 is 0 Å². The van der Waals surface area contributed by atoms with Crippen molar-refractivity contribution in [2.45, 2.75) is 18.9 Å². The van der Waals surface area contributed by atoms with Crippen molar-refractivity contribution in [1.29, 1.82) is 0 Å². The molecule has 0 aromatic carbocycles. The van der Waals surface area contributed by atoms with E-state index >= 15 is 0 Å². The maximum atomic E-state index is 11.4.